The number of esters is 1. The van der Waals surface area contributed by atoms with Gasteiger partial charge in [-0.1, -0.05) is 22.9 Å². The minimum absolute atomic E-state index is 0.129. The predicted octanol–water partition coefficient (Wildman–Crippen LogP) is 4.67. The molecule has 1 amide bonds. The number of benzene rings is 2. The molecule has 0 fully saturated rings. The second-order valence-corrected chi connectivity index (χ2v) is 7.76. The van der Waals surface area contributed by atoms with Crippen molar-refractivity contribution in [3.63, 3.8) is 0 Å². The van der Waals surface area contributed by atoms with Crippen LogP contribution in [-0.2, 0) is 9.53 Å². The summed E-state index contributed by atoms with van der Waals surface area (Å²) in [4.78, 5) is 23.8. The molecule has 2 aromatic carbocycles. The molecule has 0 aromatic heterocycles. The highest BCUT2D eigenvalue weighted by atomic mass is 79.9. The van der Waals surface area contributed by atoms with Gasteiger partial charge in [0.1, 0.15) is 5.75 Å². The molecule has 0 heterocycles. The number of halogens is 2. The summed E-state index contributed by atoms with van der Waals surface area (Å²) in [6, 6.07) is 12.0. The zero-order valence-electron chi connectivity index (χ0n) is 15.0. The largest absolute Gasteiger partial charge is 0.483 e. The van der Waals surface area contributed by atoms with Crippen LogP contribution in [-0.4, -0.2) is 30.2 Å². The molecule has 2 N–H and O–H groups in total. The van der Waals surface area contributed by atoms with E-state index in [1.54, 1.807) is 30.3 Å². The second kappa shape index (κ2) is 11.1. The number of hydrogen-bond donors (Lipinski definition) is 2. The number of ether oxygens (including phenoxy) is 2. The molecule has 0 spiro atoms. The van der Waals surface area contributed by atoms with Crippen LogP contribution in [0.25, 0.3) is 0 Å². The predicted molar refractivity (Wildman–Crippen MR) is 119 cm³/mol. The van der Waals surface area contributed by atoms with Crippen LogP contribution in [0.2, 0.25) is 0 Å². The molecular weight excluding hydrogens is 512 g/mol. The van der Waals surface area contributed by atoms with Crippen molar-refractivity contribution in [2.75, 3.05) is 18.5 Å². The van der Waals surface area contributed by atoms with Crippen molar-refractivity contribution in [3.05, 3.63) is 57.0 Å². The Morgan fingerprint density at radius 2 is 1.82 bits per heavy atom. The number of nitrogens with one attached hydrogen (secondary N) is 2. The lowest BCUT2D eigenvalue weighted by atomic mass is 10.2. The first-order valence-electron chi connectivity index (χ1n) is 8.35. The Hall–Kier alpha value is -1.97. The molecule has 0 saturated carbocycles. The fourth-order valence-electron chi connectivity index (χ4n) is 2.03. The zero-order chi connectivity index (χ0) is 20.5. The van der Waals surface area contributed by atoms with Crippen molar-refractivity contribution in [3.8, 4) is 5.75 Å². The number of anilines is 1. The molecule has 0 aliphatic rings. The average Bonchev–Trinajstić information content (AvgIpc) is 2.66. The lowest BCUT2D eigenvalue weighted by molar-refractivity contribution is -0.121. The summed E-state index contributed by atoms with van der Waals surface area (Å²) in [5, 5.41) is 5.54. The van der Waals surface area contributed by atoms with Crippen LogP contribution in [0.5, 0.6) is 5.75 Å². The summed E-state index contributed by atoms with van der Waals surface area (Å²) in [6.45, 7) is 2.12. The quantitative estimate of drug-likeness (QED) is 0.401. The van der Waals surface area contributed by atoms with E-state index in [1.807, 2.05) is 19.1 Å². The molecule has 0 bridgehead atoms. The zero-order valence-corrected chi connectivity index (χ0v) is 18.9. The number of carbonyl (C=O) groups excluding carboxylic acids is 2. The lowest BCUT2D eigenvalue weighted by Crippen LogP contribution is -2.37. The van der Waals surface area contributed by atoms with E-state index in [-0.39, 0.29) is 17.7 Å². The van der Waals surface area contributed by atoms with Crippen LogP contribution in [0.1, 0.15) is 23.7 Å². The molecule has 0 aliphatic carbocycles. The third-order valence-electron chi connectivity index (χ3n) is 3.32. The highest BCUT2D eigenvalue weighted by Gasteiger charge is 2.10. The van der Waals surface area contributed by atoms with Gasteiger partial charge in [-0.2, -0.15) is 0 Å². The van der Waals surface area contributed by atoms with Gasteiger partial charge in [0.15, 0.2) is 11.7 Å². The Morgan fingerprint density at radius 3 is 2.46 bits per heavy atom. The van der Waals surface area contributed by atoms with E-state index in [4.69, 9.17) is 21.7 Å². The minimum Gasteiger partial charge on any atom is -0.483 e. The maximum atomic E-state index is 12.0. The van der Waals surface area contributed by atoms with Gasteiger partial charge in [-0.3, -0.25) is 10.1 Å². The maximum Gasteiger partial charge on any atom is 0.338 e. The molecule has 28 heavy (non-hydrogen) atoms. The van der Waals surface area contributed by atoms with E-state index in [0.29, 0.717) is 23.6 Å². The number of rotatable bonds is 7. The summed E-state index contributed by atoms with van der Waals surface area (Å²) in [7, 11) is 0. The molecule has 0 radical (unpaired) electrons. The van der Waals surface area contributed by atoms with Crippen LogP contribution in [0, 0.1) is 0 Å². The van der Waals surface area contributed by atoms with E-state index in [0.717, 1.165) is 15.4 Å². The second-order valence-electron chi connectivity index (χ2n) is 5.58. The normalized spacial score (nSPS) is 10.1. The van der Waals surface area contributed by atoms with E-state index >= 15 is 0 Å². The van der Waals surface area contributed by atoms with E-state index in [2.05, 4.69) is 42.5 Å². The molecule has 0 aliphatic heterocycles. The molecule has 2 aromatic rings. The highest BCUT2D eigenvalue weighted by molar-refractivity contribution is 9.11. The van der Waals surface area contributed by atoms with E-state index in [9.17, 15) is 9.59 Å². The van der Waals surface area contributed by atoms with Crippen molar-refractivity contribution in [2.24, 2.45) is 0 Å². The van der Waals surface area contributed by atoms with Crippen molar-refractivity contribution >= 4 is 66.8 Å². The Labute approximate surface area is 185 Å². The Balaban J connectivity index is 1.81. The van der Waals surface area contributed by atoms with Gasteiger partial charge in [0.2, 0.25) is 0 Å². The van der Waals surface area contributed by atoms with Gasteiger partial charge in [0.05, 0.1) is 16.6 Å². The Morgan fingerprint density at radius 1 is 1.11 bits per heavy atom. The van der Waals surface area contributed by atoms with Crippen LogP contribution >= 0.6 is 44.1 Å². The molecule has 0 saturated heterocycles. The fourth-order valence-corrected chi connectivity index (χ4v) is 3.42. The SMILES string of the molecule is CCCOC(=O)c1ccc(NC(=S)NC(=O)COc2ccc(Br)cc2Br)cc1. The van der Waals surface area contributed by atoms with Gasteiger partial charge >= 0.3 is 5.97 Å². The summed E-state index contributed by atoms with van der Waals surface area (Å²) >= 11 is 11.8. The van der Waals surface area contributed by atoms with Crippen molar-refractivity contribution in [1.29, 1.82) is 0 Å². The van der Waals surface area contributed by atoms with Crippen molar-refractivity contribution < 1.29 is 19.1 Å². The van der Waals surface area contributed by atoms with E-state index < -0.39 is 5.91 Å². The van der Waals surface area contributed by atoms with Gasteiger partial charge < -0.3 is 14.8 Å². The fraction of sp³-hybridized carbons (Fsp3) is 0.211. The Kier molecular flexibility index (Phi) is 8.88. The smallest absolute Gasteiger partial charge is 0.338 e. The van der Waals surface area contributed by atoms with E-state index in [1.165, 1.54) is 0 Å². The lowest BCUT2D eigenvalue weighted by Gasteiger charge is -2.11. The van der Waals surface area contributed by atoms with Gasteiger partial charge in [-0.05, 0) is 77.0 Å². The molecule has 0 unspecified atom stereocenters. The number of carbonyl (C=O) groups is 2. The first-order valence-corrected chi connectivity index (χ1v) is 10.3. The number of amides is 1. The molecular formula is C19H18Br2N2O4S. The third-order valence-corrected chi connectivity index (χ3v) is 4.64. The minimum atomic E-state index is -0.396. The summed E-state index contributed by atoms with van der Waals surface area (Å²) in [6.07, 6.45) is 0.766. The summed E-state index contributed by atoms with van der Waals surface area (Å²) in [5.41, 5.74) is 1.08. The van der Waals surface area contributed by atoms with Crippen LogP contribution in [0.4, 0.5) is 5.69 Å². The van der Waals surface area contributed by atoms with Gasteiger partial charge in [0, 0.05) is 10.2 Å². The van der Waals surface area contributed by atoms with Crippen molar-refractivity contribution in [2.45, 2.75) is 13.3 Å². The van der Waals surface area contributed by atoms with Gasteiger partial charge in [-0.15, -0.1) is 0 Å². The van der Waals surface area contributed by atoms with Crippen LogP contribution < -0.4 is 15.4 Å². The van der Waals surface area contributed by atoms with Gasteiger partial charge in [-0.25, -0.2) is 4.79 Å². The molecule has 9 heteroatoms. The number of hydrogen-bond acceptors (Lipinski definition) is 5. The maximum absolute atomic E-state index is 12.0. The first-order chi connectivity index (χ1) is 13.4. The standard InChI is InChI=1S/C19H18Br2N2O4S/c1-2-9-26-18(25)12-3-6-14(7-4-12)22-19(28)23-17(24)11-27-16-8-5-13(20)10-15(16)21/h3-8,10H,2,9,11H2,1H3,(H2,22,23,24,28). The molecule has 6 nitrogen and oxygen atoms in total. The summed E-state index contributed by atoms with van der Waals surface area (Å²) in [5.74, 6) is -0.226. The topological polar surface area (TPSA) is 76.7 Å². The molecule has 148 valence electrons. The molecule has 2 rings (SSSR count). The van der Waals surface area contributed by atoms with Crippen LogP contribution in [0.3, 0.4) is 0 Å². The monoisotopic (exact) mass is 528 g/mol. The Bertz CT molecular complexity index is 860. The average molecular weight is 530 g/mol. The van der Waals surface area contributed by atoms with Crippen molar-refractivity contribution in [1.82, 2.24) is 5.32 Å². The van der Waals surface area contributed by atoms with Crippen LogP contribution in [0.15, 0.2) is 51.4 Å². The van der Waals surface area contributed by atoms with Gasteiger partial charge in [0.25, 0.3) is 5.91 Å². The first kappa shape index (κ1) is 22.3. The third kappa shape index (κ3) is 7.21. The highest BCUT2D eigenvalue weighted by Crippen LogP contribution is 2.28. The number of thiocarbonyl (C=S) groups is 1. The summed E-state index contributed by atoms with van der Waals surface area (Å²) < 4.78 is 12.2. The molecule has 0 atom stereocenters.